The molecule has 5 rings (SSSR count). The number of ether oxygens (including phenoxy) is 1. The molecule has 9 heteroatoms. The Labute approximate surface area is 165 Å². The number of rotatable bonds is 2. The number of amides is 1. The van der Waals surface area contributed by atoms with Gasteiger partial charge >= 0.3 is 5.97 Å². The third-order valence-corrected chi connectivity index (χ3v) is 6.15. The fraction of sp³-hybridized carbons (Fsp3) is 0.450. The zero-order valence-electron chi connectivity index (χ0n) is 15.9. The van der Waals surface area contributed by atoms with Crippen LogP contribution in [0.2, 0.25) is 0 Å². The molecular formula is C20H20FN3O5. The number of aromatic nitrogens is 1. The van der Waals surface area contributed by atoms with Gasteiger partial charge in [-0.3, -0.25) is 14.2 Å². The van der Waals surface area contributed by atoms with Crippen molar-refractivity contribution in [2.24, 2.45) is 0 Å². The second-order valence-corrected chi connectivity index (χ2v) is 7.90. The molecule has 2 saturated heterocycles. The summed E-state index contributed by atoms with van der Waals surface area (Å²) in [7, 11) is 0. The lowest BCUT2D eigenvalue weighted by Crippen LogP contribution is -2.52. The minimum Gasteiger partial charge on any atom is -0.487 e. The quantitative estimate of drug-likeness (QED) is 0.822. The molecule has 1 unspecified atom stereocenters. The molecule has 4 heterocycles. The summed E-state index contributed by atoms with van der Waals surface area (Å²) in [6.07, 6.45) is 1.25. The van der Waals surface area contributed by atoms with Gasteiger partial charge in [-0.15, -0.1) is 0 Å². The molecule has 8 nitrogen and oxygen atoms in total. The van der Waals surface area contributed by atoms with E-state index >= 15 is 4.39 Å². The van der Waals surface area contributed by atoms with Crippen LogP contribution in [0.4, 0.5) is 10.1 Å². The van der Waals surface area contributed by atoms with E-state index in [1.165, 1.54) is 16.7 Å². The summed E-state index contributed by atoms with van der Waals surface area (Å²) in [5, 5.41) is 9.70. The van der Waals surface area contributed by atoms with Gasteiger partial charge in [-0.2, -0.15) is 0 Å². The van der Waals surface area contributed by atoms with Crippen LogP contribution in [0.15, 0.2) is 16.9 Å². The minimum atomic E-state index is -1.34. The van der Waals surface area contributed by atoms with Gasteiger partial charge in [0.15, 0.2) is 11.6 Å². The lowest BCUT2D eigenvalue weighted by Gasteiger charge is -2.40. The molecule has 0 spiro atoms. The molecule has 1 aromatic carbocycles. The van der Waals surface area contributed by atoms with Gasteiger partial charge in [0.2, 0.25) is 5.91 Å². The number of carboxylic acid groups (broad SMARTS) is 1. The SMILES string of the molecule is C[C@H]1COc2c(N3CCN4C(=O)CCC4C3)c(F)cc3cc(C(=O)O)c(=O)n1c23. The largest absolute Gasteiger partial charge is 0.487 e. The van der Waals surface area contributed by atoms with E-state index in [0.29, 0.717) is 37.0 Å². The van der Waals surface area contributed by atoms with Gasteiger partial charge in [-0.1, -0.05) is 0 Å². The number of halogens is 1. The zero-order valence-corrected chi connectivity index (χ0v) is 15.9. The standard InChI is InChI=1S/C20H20FN3O5/c1-10-9-29-18-16-11(6-13(20(27)28)19(26)24(10)16)7-14(21)17(18)22-4-5-23-12(8-22)2-3-15(23)25/h6-7,10,12H,2-5,8-9H2,1H3,(H,27,28)/t10-,12?/m0/s1. The molecule has 3 aliphatic rings. The van der Waals surface area contributed by atoms with Crippen molar-refractivity contribution in [3.63, 3.8) is 0 Å². The van der Waals surface area contributed by atoms with E-state index in [0.717, 1.165) is 6.42 Å². The maximum atomic E-state index is 15.2. The number of piperazine rings is 1. The van der Waals surface area contributed by atoms with Crippen molar-refractivity contribution in [2.45, 2.75) is 31.8 Å². The minimum absolute atomic E-state index is 0.0395. The number of benzene rings is 1. The molecule has 0 radical (unpaired) electrons. The van der Waals surface area contributed by atoms with E-state index in [1.807, 2.05) is 9.80 Å². The zero-order chi connectivity index (χ0) is 20.4. The summed E-state index contributed by atoms with van der Waals surface area (Å²) in [5.41, 5.74) is -0.312. The molecule has 2 aromatic rings. The topological polar surface area (TPSA) is 92.1 Å². The summed E-state index contributed by atoms with van der Waals surface area (Å²) < 4.78 is 22.5. The maximum absolute atomic E-state index is 15.2. The molecule has 1 amide bonds. The highest BCUT2D eigenvalue weighted by molar-refractivity contribution is 5.97. The number of carboxylic acids is 1. The number of carbonyl (C=O) groups is 2. The van der Waals surface area contributed by atoms with Crippen LogP contribution in [-0.2, 0) is 4.79 Å². The summed E-state index contributed by atoms with van der Waals surface area (Å²) in [6, 6.07) is 2.14. The summed E-state index contributed by atoms with van der Waals surface area (Å²) in [6.45, 7) is 3.39. The van der Waals surface area contributed by atoms with Crippen LogP contribution in [0.1, 0.15) is 36.2 Å². The summed E-state index contributed by atoms with van der Waals surface area (Å²) in [5.74, 6) is -1.46. The van der Waals surface area contributed by atoms with E-state index < -0.39 is 17.3 Å². The molecule has 2 fully saturated rings. The van der Waals surface area contributed by atoms with E-state index in [-0.39, 0.29) is 41.6 Å². The Morgan fingerprint density at radius 3 is 2.83 bits per heavy atom. The van der Waals surface area contributed by atoms with Gasteiger partial charge in [0.1, 0.15) is 17.9 Å². The molecule has 1 N–H and O–H groups in total. The summed E-state index contributed by atoms with van der Waals surface area (Å²) in [4.78, 5) is 40.0. The molecule has 3 aliphatic heterocycles. The first-order chi connectivity index (χ1) is 13.9. The van der Waals surface area contributed by atoms with Crippen LogP contribution < -0.4 is 15.2 Å². The second-order valence-electron chi connectivity index (χ2n) is 7.90. The Kier molecular flexibility index (Phi) is 3.84. The fourth-order valence-corrected chi connectivity index (χ4v) is 4.78. The third kappa shape index (κ3) is 2.53. The molecule has 1 aromatic heterocycles. The Hall–Kier alpha value is -3.10. The lowest BCUT2D eigenvalue weighted by atomic mass is 10.0. The van der Waals surface area contributed by atoms with Gasteiger partial charge in [-0.25, -0.2) is 9.18 Å². The van der Waals surface area contributed by atoms with Crippen molar-refractivity contribution in [3.8, 4) is 5.75 Å². The predicted molar refractivity (Wildman–Crippen MR) is 102 cm³/mol. The highest BCUT2D eigenvalue weighted by Gasteiger charge is 2.38. The van der Waals surface area contributed by atoms with Crippen molar-refractivity contribution in [2.75, 3.05) is 31.1 Å². The number of hydrogen-bond acceptors (Lipinski definition) is 5. The van der Waals surface area contributed by atoms with E-state index in [2.05, 4.69) is 0 Å². The van der Waals surface area contributed by atoms with E-state index in [9.17, 15) is 19.5 Å². The number of pyridine rings is 1. The van der Waals surface area contributed by atoms with Crippen molar-refractivity contribution < 1.29 is 23.8 Å². The van der Waals surface area contributed by atoms with E-state index in [1.54, 1.807) is 6.92 Å². The number of aromatic carboxylic acids is 1. The van der Waals surface area contributed by atoms with Gasteiger partial charge in [0.05, 0.1) is 11.6 Å². The normalized spacial score (nSPS) is 23.3. The molecule has 0 saturated carbocycles. The molecule has 0 aliphatic carbocycles. The first-order valence-corrected chi connectivity index (χ1v) is 9.69. The van der Waals surface area contributed by atoms with Crippen molar-refractivity contribution >= 4 is 28.5 Å². The number of anilines is 1. The highest BCUT2D eigenvalue weighted by atomic mass is 19.1. The van der Waals surface area contributed by atoms with Crippen LogP contribution in [0.25, 0.3) is 10.9 Å². The van der Waals surface area contributed by atoms with Crippen LogP contribution in [0.5, 0.6) is 5.75 Å². The van der Waals surface area contributed by atoms with Gasteiger partial charge in [-0.05, 0) is 25.5 Å². The van der Waals surface area contributed by atoms with Crippen LogP contribution in [-0.4, -0.2) is 58.7 Å². The summed E-state index contributed by atoms with van der Waals surface area (Å²) >= 11 is 0. The lowest BCUT2D eigenvalue weighted by molar-refractivity contribution is -0.129. The van der Waals surface area contributed by atoms with Gasteiger partial charge in [0.25, 0.3) is 5.56 Å². The molecule has 29 heavy (non-hydrogen) atoms. The Bertz CT molecular complexity index is 1130. The average molecular weight is 401 g/mol. The predicted octanol–water partition coefficient (Wildman–Crippen LogP) is 1.60. The first-order valence-electron chi connectivity index (χ1n) is 9.69. The van der Waals surface area contributed by atoms with E-state index in [4.69, 9.17) is 4.74 Å². The molecule has 2 atom stereocenters. The number of carbonyl (C=O) groups excluding carboxylic acids is 1. The van der Waals surface area contributed by atoms with Crippen molar-refractivity contribution in [1.82, 2.24) is 9.47 Å². The van der Waals surface area contributed by atoms with Crippen molar-refractivity contribution in [3.05, 3.63) is 33.9 Å². The number of fused-ring (bicyclic) bond motifs is 1. The Balaban J connectivity index is 1.70. The van der Waals surface area contributed by atoms with Crippen LogP contribution in [0.3, 0.4) is 0 Å². The van der Waals surface area contributed by atoms with Crippen LogP contribution in [0, 0.1) is 5.82 Å². The molecule has 152 valence electrons. The number of hydrogen-bond donors (Lipinski definition) is 1. The van der Waals surface area contributed by atoms with Gasteiger partial charge < -0.3 is 19.6 Å². The number of nitrogens with zero attached hydrogens (tertiary/aromatic N) is 3. The third-order valence-electron chi connectivity index (χ3n) is 6.15. The average Bonchev–Trinajstić information content (AvgIpc) is 3.05. The van der Waals surface area contributed by atoms with Gasteiger partial charge in [0, 0.05) is 37.5 Å². The maximum Gasteiger partial charge on any atom is 0.341 e. The smallest absolute Gasteiger partial charge is 0.341 e. The first kappa shape index (κ1) is 18.0. The fourth-order valence-electron chi connectivity index (χ4n) is 4.78. The Morgan fingerprint density at radius 1 is 1.28 bits per heavy atom. The Morgan fingerprint density at radius 2 is 2.07 bits per heavy atom. The highest BCUT2D eigenvalue weighted by Crippen LogP contribution is 2.43. The second kappa shape index (κ2) is 6.20. The monoisotopic (exact) mass is 401 g/mol. The molecule has 0 bridgehead atoms. The van der Waals surface area contributed by atoms with Crippen molar-refractivity contribution in [1.29, 1.82) is 0 Å². The van der Waals surface area contributed by atoms with Crippen LogP contribution >= 0.6 is 0 Å². The molecular weight excluding hydrogens is 381 g/mol.